The van der Waals surface area contributed by atoms with Gasteiger partial charge in [0.1, 0.15) is 0 Å². The zero-order valence-electron chi connectivity index (χ0n) is 11.9. The van der Waals surface area contributed by atoms with Gasteiger partial charge in [-0.3, -0.25) is 4.79 Å². The van der Waals surface area contributed by atoms with Gasteiger partial charge in [0.2, 0.25) is 5.91 Å². The Kier molecular flexibility index (Phi) is 6.02. The van der Waals surface area contributed by atoms with Crippen LogP contribution in [0.15, 0.2) is 0 Å². The van der Waals surface area contributed by atoms with Gasteiger partial charge in [-0.15, -0.1) is 0 Å². The van der Waals surface area contributed by atoms with Crippen molar-refractivity contribution in [2.75, 3.05) is 11.9 Å². The van der Waals surface area contributed by atoms with Gasteiger partial charge in [0.15, 0.2) is 11.0 Å². The molecule has 0 spiro atoms. The van der Waals surface area contributed by atoms with Crippen molar-refractivity contribution in [3.8, 4) is 0 Å². The van der Waals surface area contributed by atoms with Gasteiger partial charge in [0, 0.05) is 19.0 Å². The topological polar surface area (TPSA) is 66.9 Å². The van der Waals surface area contributed by atoms with E-state index in [1.807, 2.05) is 27.7 Å². The summed E-state index contributed by atoms with van der Waals surface area (Å²) in [5, 5.41) is 6.28. The second-order valence-electron chi connectivity index (χ2n) is 4.59. The van der Waals surface area contributed by atoms with Crippen molar-refractivity contribution in [2.24, 2.45) is 0 Å². The molecule has 0 fully saturated rings. The van der Waals surface area contributed by atoms with Crippen molar-refractivity contribution < 1.29 is 4.79 Å². The van der Waals surface area contributed by atoms with Gasteiger partial charge < -0.3 is 10.6 Å². The number of nitrogens with zero attached hydrogens (tertiary/aromatic N) is 2. The van der Waals surface area contributed by atoms with Crippen LogP contribution in [-0.2, 0) is 4.79 Å². The van der Waals surface area contributed by atoms with Gasteiger partial charge in [-0.1, -0.05) is 18.5 Å². The molecule has 2 N–H and O–H groups in total. The Morgan fingerprint density at radius 3 is 2.58 bits per heavy atom. The number of carbonyl (C=O) groups excluding carboxylic acids is 1. The molecule has 1 amide bonds. The largest absolute Gasteiger partial charge is 0.367 e. The van der Waals surface area contributed by atoms with E-state index in [1.165, 1.54) is 0 Å². The normalized spacial score (nSPS) is 12.1. The summed E-state index contributed by atoms with van der Waals surface area (Å²) >= 11 is 5.99. The number of amides is 1. The lowest BCUT2D eigenvalue weighted by molar-refractivity contribution is -0.121. The summed E-state index contributed by atoms with van der Waals surface area (Å²) in [6, 6.07) is 0.206. The average Bonchev–Trinajstić information content (AvgIpc) is 2.35. The van der Waals surface area contributed by atoms with Gasteiger partial charge in [-0.05, 0) is 27.2 Å². The molecule has 0 aliphatic carbocycles. The van der Waals surface area contributed by atoms with Gasteiger partial charge >= 0.3 is 0 Å². The third-order valence-electron chi connectivity index (χ3n) is 2.93. The highest BCUT2D eigenvalue weighted by atomic mass is 35.5. The van der Waals surface area contributed by atoms with Crippen LogP contribution in [0, 0.1) is 13.8 Å². The Labute approximate surface area is 119 Å². The van der Waals surface area contributed by atoms with Crippen LogP contribution in [0.4, 0.5) is 5.82 Å². The number of aryl methyl sites for hydroxylation is 2. The van der Waals surface area contributed by atoms with Crippen molar-refractivity contribution in [1.82, 2.24) is 15.3 Å². The monoisotopic (exact) mass is 284 g/mol. The Hall–Kier alpha value is -1.36. The molecule has 0 aliphatic rings. The molecule has 19 heavy (non-hydrogen) atoms. The molecule has 1 atom stereocenters. The Morgan fingerprint density at radius 1 is 1.32 bits per heavy atom. The molecule has 1 unspecified atom stereocenters. The minimum atomic E-state index is 0.0229. The summed E-state index contributed by atoms with van der Waals surface area (Å²) in [6.07, 6.45) is 1.31. The number of hydrogen-bond acceptors (Lipinski definition) is 4. The van der Waals surface area contributed by atoms with E-state index in [4.69, 9.17) is 11.6 Å². The minimum Gasteiger partial charge on any atom is -0.367 e. The summed E-state index contributed by atoms with van der Waals surface area (Å²) in [7, 11) is 0. The maximum Gasteiger partial charge on any atom is 0.221 e. The van der Waals surface area contributed by atoms with E-state index in [-0.39, 0.29) is 11.9 Å². The highest BCUT2D eigenvalue weighted by Crippen LogP contribution is 2.18. The van der Waals surface area contributed by atoms with Gasteiger partial charge in [0.05, 0.1) is 11.4 Å². The van der Waals surface area contributed by atoms with Crippen LogP contribution in [0.3, 0.4) is 0 Å². The molecule has 1 aromatic rings. The first-order chi connectivity index (χ1) is 8.93. The van der Waals surface area contributed by atoms with E-state index >= 15 is 0 Å². The number of aromatic nitrogens is 2. The van der Waals surface area contributed by atoms with E-state index in [0.717, 1.165) is 17.8 Å². The molecule has 1 rings (SSSR count). The summed E-state index contributed by atoms with van der Waals surface area (Å²) in [6.45, 7) is 8.24. The number of nitrogens with one attached hydrogen (secondary N) is 2. The van der Waals surface area contributed by atoms with Crippen LogP contribution in [0.1, 0.15) is 38.1 Å². The van der Waals surface area contributed by atoms with Crippen molar-refractivity contribution in [1.29, 1.82) is 0 Å². The lowest BCUT2D eigenvalue weighted by atomic mass is 10.2. The molecule has 1 aromatic heterocycles. The highest BCUT2D eigenvalue weighted by Gasteiger charge is 2.08. The van der Waals surface area contributed by atoms with Gasteiger partial charge in [0.25, 0.3) is 0 Å². The predicted octanol–water partition coefficient (Wildman–Crippen LogP) is 2.46. The summed E-state index contributed by atoms with van der Waals surface area (Å²) in [5.41, 5.74) is 1.64. The van der Waals surface area contributed by atoms with E-state index < -0.39 is 0 Å². The maximum absolute atomic E-state index is 11.6. The number of rotatable bonds is 6. The predicted molar refractivity (Wildman–Crippen MR) is 77.5 cm³/mol. The highest BCUT2D eigenvalue weighted by molar-refractivity contribution is 6.31. The van der Waals surface area contributed by atoms with Crippen LogP contribution >= 0.6 is 11.6 Å². The molecule has 106 valence electrons. The fourth-order valence-electron chi connectivity index (χ4n) is 1.43. The molecule has 0 aliphatic heterocycles. The van der Waals surface area contributed by atoms with E-state index in [0.29, 0.717) is 23.9 Å². The minimum absolute atomic E-state index is 0.0229. The fourth-order valence-corrected chi connectivity index (χ4v) is 1.67. The van der Waals surface area contributed by atoms with Crippen LogP contribution < -0.4 is 10.6 Å². The fraction of sp³-hybridized carbons (Fsp3) is 0.615. The number of halogens is 1. The van der Waals surface area contributed by atoms with Crippen molar-refractivity contribution in [3.05, 3.63) is 16.5 Å². The number of anilines is 1. The SMILES string of the molecule is CCC(C)NC(=O)CCNc1nc(C)c(C)nc1Cl. The summed E-state index contributed by atoms with van der Waals surface area (Å²) in [5.74, 6) is 0.552. The standard InChI is InChI=1S/C13H21ClN4O/c1-5-8(2)16-11(19)6-7-15-13-12(14)17-9(3)10(4)18-13/h8H,5-7H2,1-4H3,(H,15,18)(H,16,19). The number of hydrogen-bond donors (Lipinski definition) is 2. The summed E-state index contributed by atoms with van der Waals surface area (Å²) in [4.78, 5) is 20.1. The molecule has 5 nitrogen and oxygen atoms in total. The molecule has 0 saturated carbocycles. The second-order valence-corrected chi connectivity index (χ2v) is 4.95. The molecule has 0 aromatic carbocycles. The third-order valence-corrected chi connectivity index (χ3v) is 3.19. The molecular weight excluding hydrogens is 264 g/mol. The Morgan fingerprint density at radius 2 is 1.95 bits per heavy atom. The van der Waals surface area contributed by atoms with E-state index in [2.05, 4.69) is 20.6 Å². The Balaban J connectivity index is 2.45. The zero-order valence-corrected chi connectivity index (χ0v) is 12.6. The van der Waals surface area contributed by atoms with Crippen molar-refractivity contribution in [2.45, 2.75) is 46.6 Å². The first kappa shape index (κ1) is 15.7. The number of carbonyl (C=O) groups is 1. The maximum atomic E-state index is 11.6. The molecule has 1 heterocycles. The smallest absolute Gasteiger partial charge is 0.221 e. The van der Waals surface area contributed by atoms with Crippen LogP contribution in [-0.4, -0.2) is 28.5 Å². The van der Waals surface area contributed by atoms with Crippen molar-refractivity contribution >= 4 is 23.3 Å². The van der Waals surface area contributed by atoms with Gasteiger partial charge in [-0.2, -0.15) is 0 Å². The molecule has 0 radical (unpaired) electrons. The quantitative estimate of drug-likeness (QED) is 0.842. The first-order valence-corrected chi connectivity index (χ1v) is 6.85. The second kappa shape index (κ2) is 7.28. The molecule has 6 heteroatoms. The summed E-state index contributed by atoms with van der Waals surface area (Å²) < 4.78 is 0. The van der Waals surface area contributed by atoms with E-state index in [9.17, 15) is 4.79 Å². The molecular formula is C13H21ClN4O. The lowest BCUT2D eigenvalue weighted by Crippen LogP contribution is -2.33. The average molecular weight is 285 g/mol. The van der Waals surface area contributed by atoms with Crippen LogP contribution in [0.2, 0.25) is 5.15 Å². The third kappa shape index (κ3) is 5.03. The first-order valence-electron chi connectivity index (χ1n) is 6.48. The molecule has 0 bridgehead atoms. The van der Waals surface area contributed by atoms with Gasteiger partial charge in [-0.25, -0.2) is 9.97 Å². The van der Waals surface area contributed by atoms with E-state index in [1.54, 1.807) is 0 Å². The van der Waals surface area contributed by atoms with Crippen LogP contribution in [0.5, 0.6) is 0 Å². The molecule has 0 saturated heterocycles. The lowest BCUT2D eigenvalue weighted by Gasteiger charge is -2.12. The van der Waals surface area contributed by atoms with Crippen molar-refractivity contribution in [3.63, 3.8) is 0 Å². The van der Waals surface area contributed by atoms with Crippen LogP contribution in [0.25, 0.3) is 0 Å². The zero-order chi connectivity index (χ0) is 14.4. The Bertz CT molecular complexity index is 451.